The summed E-state index contributed by atoms with van der Waals surface area (Å²) >= 11 is 1.22. The largest absolute Gasteiger partial charge is 0.351 e. The summed E-state index contributed by atoms with van der Waals surface area (Å²) in [5.74, 6) is -0.156. The SMILES string of the molecule is O=C(CSc1ccccc1F)NCc1ccc(CN2CCCC2)cc1. The van der Waals surface area contributed by atoms with E-state index in [4.69, 9.17) is 0 Å². The van der Waals surface area contributed by atoms with Crippen LogP contribution in [0.5, 0.6) is 0 Å². The van der Waals surface area contributed by atoms with E-state index < -0.39 is 0 Å². The Kier molecular flexibility index (Phi) is 6.48. The van der Waals surface area contributed by atoms with Crippen LogP contribution in [0, 0.1) is 5.82 Å². The smallest absolute Gasteiger partial charge is 0.230 e. The van der Waals surface area contributed by atoms with E-state index in [1.54, 1.807) is 18.2 Å². The molecule has 25 heavy (non-hydrogen) atoms. The zero-order chi connectivity index (χ0) is 17.5. The molecular formula is C20H23FN2OS. The Morgan fingerprint density at radius 3 is 2.44 bits per heavy atom. The summed E-state index contributed by atoms with van der Waals surface area (Å²) in [5, 5.41) is 2.89. The van der Waals surface area contributed by atoms with Crippen LogP contribution in [-0.4, -0.2) is 29.6 Å². The number of hydrogen-bond donors (Lipinski definition) is 1. The van der Waals surface area contributed by atoms with E-state index in [1.165, 1.54) is 49.3 Å². The fourth-order valence-electron chi connectivity index (χ4n) is 2.92. The minimum Gasteiger partial charge on any atom is -0.351 e. The average molecular weight is 358 g/mol. The number of amides is 1. The molecular weight excluding hydrogens is 335 g/mol. The van der Waals surface area contributed by atoms with Crippen LogP contribution < -0.4 is 5.32 Å². The van der Waals surface area contributed by atoms with E-state index in [-0.39, 0.29) is 17.5 Å². The van der Waals surface area contributed by atoms with E-state index in [1.807, 2.05) is 0 Å². The number of benzene rings is 2. The van der Waals surface area contributed by atoms with E-state index in [0.717, 1.165) is 12.1 Å². The highest BCUT2D eigenvalue weighted by molar-refractivity contribution is 8.00. The Bertz CT molecular complexity index is 699. The maximum absolute atomic E-state index is 13.5. The topological polar surface area (TPSA) is 32.3 Å². The maximum atomic E-state index is 13.5. The van der Waals surface area contributed by atoms with Gasteiger partial charge >= 0.3 is 0 Å². The Morgan fingerprint density at radius 1 is 1.04 bits per heavy atom. The average Bonchev–Trinajstić information content (AvgIpc) is 3.13. The quantitative estimate of drug-likeness (QED) is 0.764. The predicted octanol–water partition coefficient (Wildman–Crippen LogP) is 3.83. The molecule has 132 valence electrons. The van der Waals surface area contributed by atoms with Crippen LogP contribution in [0.25, 0.3) is 0 Å². The fourth-order valence-corrected chi connectivity index (χ4v) is 3.69. The summed E-state index contributed by atoms with van der Waals surface area (Å²) in [4.78, 5) is 14.9. The maximum Gasteiger partial charge on any atom is 0.230 e. The van der Waals surface area contributed by atoms with Crippen LogP contribution in [0.1, 0.15) is 24.0 Å². The van der Waals surface area contributed by atoms with Gasteiger partial charge in [0.15, 0.2) is 0 Å². The second kappa shape index (κ2) is 9.02. The number of carbonyl (C=O) groups excluding carboxylic acids is 1. The first-order valence-electron chi connectivity index (χ1n) is 8.65. The molecule has 3 nitrogen and oxygen atoms in total. The molecule has 0 aromatic heterocycles. The minimum atomic E-state index is -0.283. The third kappa shape index (κ3) is 5.58. The van der Waals surface area contributed by atoms with Crippen molar-refractivity contribution in [3.8, 4) is 0 Å². The molecule has 0 atom stereocenters. The van der Waals surface area contributed by atoms with Gasteiger partial charge in [-0.05, 0) is 49.2 Å². The van der Waals surface area contributed by atoms with Crippen LogP contribution in [0.15, 0.2) is 53.4 Å². The van der Waals surface area contributed by atoms with E-state index in [2.05, 4.69) is 34.5 Å². The molecule has 1 heterocycles. The second-order valence-electron chi connectivity index (χ2n) is 6.30. The first kappa shape index (κ1) is 18.0. The molecule has 0 aliphatic carbocycles. The lowest BCUT2D eigenvalue weighted by Gasteiger charge is -2.14. The number of likely N-dealkylation sites (tertiary alicyclic amines) is 1. The summed E-state index contributed by atoms with van der Waals surface area (Å²) in [5.41, 5.74) is 2.39. The van der Waals surface area contributed by atoms with Gasteiger partial charge in [-0.15, -0.1) is 11.8 Å². The fraction of sp³-hybridized carbons (Fsp3) is 0.350. The van der Waals surface area contributed by atoms with Crippen molar-refractivity contribution in [3.05, 3.63) is 65.5 Å². The first-order chi connectivity index (χ1) is 12.2. The predicted molar refractivity (Wildman–Crippen MR) is 99.9 cm³/mol. The van der Waals surface area contributed by atoms with Gasteiger partial charge in [-0.1, -0.05) is 36.4 Å². The number of nitrogens with zero attached hydrogens (tertiary/aromatic N) is 1. The molecule has 0 radical (unpaired) electrons. The summed E-state index contributed by atoms with van der Waals surface area (Å²) in [7, 11) is 0. The van der Waals surface area contributed by atoms with E-state index in [9.17, 15) is 9.18 Å². The Balaban J connectivity index is 1.41. The molecule has 2 aromatic rings. The van der Waals surface area contributed by atoms with Gasteiger partial charge in [0.1, 0.15) is 5.82 Å². The standard InChI is InChI=1S/C20H23FN2OS/c21-18-5-1-2-6-19(18)25-15-20(24)22-13-16-7-9-17(10-8-16)14-23-11-3-4-12-23/h1-2,5-10H,3-4,11-15H2,(H,22,24). The van der Waals surface area contributed by atoms with Crippen LogP contribution in [0.2, 0.25) is 0 Å². The summed E-state index contributed by atoms with van der Waals surface area (Å²) in [6.07, 6.45) is 2.60. The number of thioether (sulfide) groups is 1. The van der Waals surface area contributed by atoms with Gasteiger partial charge in [-0.2, -0.15) is 0 Å². The zero-order valence-electron chi connectivity index (χ0n) is 14.2. The number of carbonyl (C=O) groups is 1. The molecule has 2 aromatic carbocycles. The van der Waals surface area contributed by atoms with E-state index in [0.29, 0.717) is 11.4 Å². The Hall–Kier alpha value is -1.85. The molecule has 1 fully saturated rings. The van der Waals surface area contributed by atoms with Crippen LogP contribution in [0.3, 0.4) is 0 Å². The van der Waals surface area contributed by atoms with Crippen molar-refractivity contribution in [1.82, 2.24) is 10.2 Å². The molecule has 1 aliphatic rings. The highest BCUT2D eigenvalue weighted by Gasteiger charge is 2.11. The Morgan fingerprint density at radius 2 is 1.72 bits per heavy atom. The van der Waals surface area contributed by atoms with Crippen molar-refractivity contribution in [2.24, 2.45) is 0 Å². The number of rotatable bonds is 7. The van der Waals surface area contributed by atoms with Crippen molar-refractivity contribution < 1.29 is 9.18 Å². The van der Waals surface area contributed by atoms with Gasteiger partial charge in [0, 0.05) is 18.0 Å². The van der Waals surface area contributed by atoms with Gasteiger partial charge in [0.2, 0.25) is 5.91 Å². The lowest BCUT2D eigenvalue weighted by molar-refractivity contribution is -0.118. The van der Waals surface area contributed by atoms with Gasteiger partial charge in [-0.3, -0.25) is 9.69 Å². The molecule has 1 N–H and O–H groups in total. The molecule has 0 unspecified atom stereocenters. The minimum absolute atomic E-state index is 0.0885. The molecule has 1 saturated heterocycles. The molecule has 1 amide bonds. The molecule has 3 rings (SSSR count). The normalized spacial score (nSPS) is 14.6. The third-order valence-corrected chi connectivity index (χ3v) is 5.36. The lowest BCUT2D eigenvalue weighted by atomic mass is 10.1. The number of hydrogen-bond acceptors (Lipinski definition) is 3. The Labute approximate surface area is 152 Å². The van der Waals surface area contributed by atoms with Crippen molar-refractivity contribution in [2.75, 3.05) is 18.8 Å². The van der Waals surface area contributed by atoms with Gasteiger partial charge in [-0.25, -0.2) is 4.39 Å². The van der Waals surface area contributed by atoms with E-state index >= 15 is 0 Å². The van der Waals surface area contributed by atoms with Gasteiger partial charge in [0.25, 0.3) is 0 Å². The molecule has 0 saturated carbocycles. The molecule has 0 bridgehead atoms. The van der Waals surface area contributed by atoms with Crippen molar-refractivity contribution in [3.63, 3.8) is 0 Å². The lowest BCUT2D eigenvalue weighted by Crippen LogP contribution is -2.24. The van der Waals surface area contributed by atoms with Crippen molar-refractivity contribution in [2.45, 2.75) is 30.8 Å². The van der Waals surface area contributed by atoms with Gasteiger partial charge < -0.3 is 5.32 Å². The molecule has 1 aliphatic heterocycles. The summed E-state index contributed by atoms with van der Waals surface area (Å²) in [6, 6.07) is 14.9. The number of halogens is 1. The number of nitrogens with one attached hydrogen (secondary N) is 1. The molecule has 5 heteroatoms. The third-order valence-electron chi connectivity index (χ3n) is 4.31. The van der Waals surface area contributed by atoms with Gasteiger partial charge in [0.05, 0.1) is 5.75 Å². The van der Waals surface area contributed by atoms with Crippen LogP contribution in [-0.2, 0) is 17.9 Å². The van der Waals surface area contributed by atoms with Crippen LogP contribution >= 0.6 is 11.8 Å². The first-order valence-corrected chi connectivity index (χ1v) is 9.63. The van der Waals surface area contributed by atoms with Crippen molar-refractivity contribution >= 4 is 17.7 Å². The monoisotopic (exact) mass is 358 g/mol. The highest BCUT2D eigenvalue weighted by Crippen LogP contribution is 2.20. The summed E-state index contributed by atoms with van der Waals surface area (Å²) in [6.45, 7) is 3.89. The highest BCUT2D eigenvalue weighted by atomic mass is 32.2. The van der Waals surface area contributed by atoms with Crippen LogP contribution in [0.4, 0.5) is 4.39 Å². The summed E-state index contributed by atoms with van der Waals surface area (Å²) < 4.78 is 13.5. The molecule has 0 spiro atoms. The zero-order valence-corrected chi connectivity index (χ0v) is 15.0. The second-order valence-corrected chi connectivity index (χ2v) is 7.31. The van der Waals surface area contributed by atoms with Crippen molar-refractivity contribution in [1.29, 1.82) is 0 Å².